The highest BCUT2D eigenvalue weighted by atomic mass is 32.1. The number of nitrogens with one attached hydrogen (secondary N) is 1. The number of fused-ring (bicyclic) bond motifs is 1. The summed E-state index contributed by atoms with van der Waals surface area (Å²) in [4.78, 5) is 10.9. The minimum Gasteiger partial charge on any atom is -0.388 e. The fourth-order valence-electron chi connectivity index (χ4n) is 1.96. The summed E-state index contributed by atoms with van der Waals surface area (Å²) in [7, 11) is 0. The van der Waals surface area contributed by atoms with Gasteiger partial charge in [-0.05, 0) is 0 Å². The molecule has 18 heavy (non-hydrogen) atoms. The van der Waals surface area contributed by atoms with E-state index in [0.29, 0.717) is 15.8 Å². The van der Waals surface area contributed by atoms with Crippen LogP contribution in [0.3, 0.4) is 0 Å². The number of H-pyrrole nitrogens is 1. The highest BCUT2D eigenvalue weighted by Crippen LogP contribution is 2.27. The van der Waals surface area contributed by atoms with Crippen LogP contribution in [0.2, 0.25) is 0 Å². The van der Waals surface area contributed by atoms with Gasteiger partial charge in [-0.2, -0.15) is 4.98 Å². The Morgan fingerprint density at radius 1 is 1.56 bits per heavy atom. The molecular formula is C9H11N5O3S. The van der Waals surface area contributed by atoms with Gasteiger partial charge >= 0.3 is 0 Å². The van der Waals surface area contributed by atoms with Crippen molar-refractivity contribution >= 4 is 29.3 Å². The van der Waals surface area contributed by atoms with Gasteiger partial charge in [0.05, 0.1) is 12.9 Å². The molecule has 0 aromatic carbocycles. The van der Waals surface area contributed by atoms with Crippen LogP contribution in [-0.2, 0) is 4.74 Å². The van der Waals surface area contributed by atoms with Crippen LogP contribution in [0.5, 0.6) is 0 Å². The van der Waals surface area contributed by atoms with Crippen LogP contribution in [0, 0.1) is 4.64 Å². The molecule has 1 fully saturated rings. The molecule has 2 aromatic rings. The number of hydrogen-bond donors (Lipinski definition) is 4. The van der Waals surface area contributed by atoms with Crippen LogP contribution in [0.1, 0.15) is 6.23 Å². The summed E-state index contributed by atoms with van der Waals surface area (Å²) in [6, 6.07) is 0. The number of aliphatic hydroxyl groups excluding tert-OH is 2. The first-order valence-electron chi connectivity index (χ1n) is 5.28. The Bertz CT molecular complexity index is 653. The first-order chi connectivity index (χ1) is 8.58. The maximum atomic E-state index is 9.81. The Hall–Kier alpha value is -1.55. The summed E-state index contributed by atoms with van der Waals surface area (Å²) < 4.78 is 7.18. The average molecular weight is 269 g/mol. The van der Waals surface area contributed by atoms with Crippen molar-refractivity contribution in [2.45, 2.75) is 18.4 Å². The lowest BCUT2D eigenvalue weighted by Gasteiger charge is -2.16. The van der Waals surface area contributed by atoms with Crippen LogP contribution in [0.15, 0.2) is 6.33 Å². The molecule has 1 aliphatic heterocycles. The van der Waals surface area contributed by atoms with Gasteiger partial charge in [0, 0.05) is 0 Å². The lowest BCUT2D eigenvalue weighted by molar-refractivity contribution is -0.0162. The van der Waals surface area contributed by atoms with Gasteiger partial charge in [0.2, 0.25) is 5.95 Å². The number of nitrogens with zero attached hydrogens (tertiary/aromatic N) is 3. The van der Waals surface area contributed by atoms with Crippen molar-refractivity contribution in [2.24, 2.45) is 0 Å². The number of anilines is 1. The largest absolute Gasteiger partial charge is 0.388 e. The second kappa shape index (κ2) is 3.99. The lowest BCUT2D eigenvalue weighted by atomic mass is 10.2. The minimum atomic E-state index is -1.04. The summed E-state index contributed by atoms with van der Waals surface area (Å²) in [5.74, 6) is 0.155. The fourth-order valence-corrected chi connectivity index (χ4v) is 2.21. The Morgan fingerprint density at radius 2 is 2.33 bits per heavy atom. The van der Waals surface area contributed by atoms with E-state index in [4.69, 9.17) is 22.7 Å². The van der Waals surface area contributed by atoms with Crippen LogP contribution in [-0.4, -0.2) is 48.5 Å². The molecule has 0 aliphatic carbocycles. The summed E-state index contributed by atoms with van der Waals surface area (Å²) >= 11 is 5.08. The van der Waals surface area contributed by atoms with Crippen molar-refractivity contribution in [1.29, 1.82) is 0 Å². The van der Waals surface area contributed by atoms with Gasteiger partial charge in [0.1, 0.15) is 22.4 Å². The zero-order valence-electron chi connectivity index (χ0n) is 9.15. The second-order valence-electron chi connectivity index (χ2n) is 4.06. The minimum absolute atomic E-state index is 0.0562. The Kier molecular flexibility index (Phi) is 2.55. The van der Waals surface area contributed by atoms with Crippen molar-refractivity contribution in [1.82, 2.24) is 19.5 Å². The predicted octanol–water partition coefficient (Wildman–Crippen LogP) is -0.678. The third-order valence-corrected chi connectivity index (χ3v) is 3.14. The number of nitrogen functional groups attached to an aromatic ring is 1. The van der Waals surface area contributed by atoms with Crippen LogP contribution in [0.4, 0.5) is 5.95 Å². The van der Waals surface area contributed by atoms with E-state index in [-0.39, 0.29) is 12.6 Å². The number of rotatable bonds is 1. The molecule has 0 unspecified atom stereocenters. The molecular weight excluding hydrogens is 258 g/mol. The molecule has 0 radical (unpaired) electrons. The third kappa shape index (κ3) is 1.60. The van der Waals surface area contributed by atoms with Gasteiger partial charge in [0.25, 0.3) is 0 Å². The van der Waals surface area contributed by atoms with E-state index in [1.807, 2.05) is 0 Å². The molecule has 0 saturated carbocycles. The Balaban J connectivity index is 2.16. The van der Waals surface area contributed by atoms with Gasteiger partial charge in [0.15, 0.2) is 11.9 Å². The fraction of sp³-hybridized carbons (Fsp3) is 0.444. The maximum absolute atomic E-state index is 9.81. The summed E-state index contributed by atoms with van der Waals surface area (Å²) in [6.45, 7) is 0.0562. The van der Waals surface area contributed by atoms with Crippen molar-refractivity contribution in [3.63, 3.8) is 0 Å². The number of aromatic amines is 1. The molecule has 0 bridgehead atoms. The lowest BCUT2D eigenvalue weighted by Crippen LogP contribution is -2.28. The maximum Gasteiger partial charge on any atom is 0.200 e. The van der Waals surface area contributed by atoms with Crippen LogP contribution < -0.4 is 5.73 Å². The van der Waals surface area contributed by atoms with E-state index in [2.05, 4.69) is 15.0 Å². The highest BCUT2D eigenvalue weighted by molar-refractivity contribution is 7.71. The quantitative estimate of drug-likeness (QED) is 0.506. The van der Waals surface area contributed by atoms with E-state index in [0.717, 1.165) is 0 Å². The summed E-state index contributed by atoms with van der Waals surface area (Å²) in [6.07, 6.45) is -1.26. The van der Waals surface area contributed by atoms with E-state index in [1.54, 1.807) is 0 Å². The van der Waals surface area contributed by atoms with Gasteiger partial charge in [-0.15, -0.1) is 0 Å². The molecule has 2 aromatic heterocycles. The monoisotopic (exact) mass is 269 g/mol. The van der Waals surface area contributed by atoms with Crippen LogP contribution in [0.25, 0.3) is 11.2 Å². The Morgan fingerprint density at radius 3 is 3.00 bits per heavy atom. The number of aliphatic hydroxyl groups is 2. The van der Waals surface area contributed by atoms with Gasteiger partial charge < -0.3 is 25.7 Å². The molecule has 96 valence electrons. The zero-order chi connectivity index (χ0) is 12.9. The number of nitrogens with two attached hydrogens (primary N) is 1. The smallest absolute Gasteiger partial charge is 0.200 e. The number of imidazole rings is 1. The molecule has 1 aliphatic rings. The molecule has 9 heteroatoms. The summed E-state index contributed by atoms with van der Waals surface area (Å²) in [5.41, 5.74) is 6.47. The number of hydrogen-bond acceptors (Lipinski definition) is 7. The van der Waals surface area contributed by atoms with E-state index < -0.39 is 18.4 Å². The van der Waals surface area contributed by atoms with Crippen LogP contribution >= 0.6 is 12.2 Å². The van der Waals surface area contributed by atoms with Gasteiger partial charge in [-0.3, -0.25) is 4.57 Å². The Labute approximate surface area is 106 Å². The molecule has 8 nitrogen and oxygen atoms in total. The molecule has 5 N–H and O–H groups in total. The predicted molar refractivity (Wildman–Crippen MR) is 64.1 cm³/mol. The summed E-state index contributed by atoms with van der Waals surface area (Å²) in [5, 5.41) is 19.3. The van der Waals surface area contributed by atoms with Crippen molar-refractivity contribution < 1.29 is 14.9 Å². The first kappa shape index (κ1) is 11.5. The second-order valence-corrected chi connectivity index (χ2v) is 4.47. The highest BCUT2D eigenvalue weighted by Gasteiger charge is 2.36. The zero-order valence-corrected chi connectivity index (χ0v) is 9.96. The molecule has 0 spiro atoms. The van der Waals surface area contributed by atoms with Crippen molar-refractivity contribution in [3.05, 3.63) is 11.0 Å². The molecule has 1 saturated heterocycles. The topological polar surface area (TPSA) is 122 Å². The third-order valence-electron chi connectivity index (χ3n) is 2.85. The van der Waals surface area contributed by atoms with Gasteiger partial charge in [-0.25, -0.2) is 4.98 Å². The standard InChI is InChI=1S/C9H11N5O3S/c10-9-12-6-4(7(18)13-9)11-2-14(6)8-5(16)3(15)1-17-8/h2-3,5,8,15-16H,1H2,(H3,10,12,13,18)/t3-,5-,8-/m1/s1. The van der Waals surface area contributed by atoms with Crippen molar-refractivity contribution in [3.8, 4) is 0 Å². The van der Waals surface area contributed by atoms with Crippen molar-refractivity contribution in [2.75, 3.05) is 12.3 Å². The van der Waals surface area contributed by atoms with Gasteiger partial charge in [-0.1, -0.05) is 12.2 Å². The molecule has 0 amide bonds. The number of ether oxygens (including phenoxy) is 1. The normalized spacial score (nSPS) is 28.0. The van der Waals surface area contributed by atoms with E-state index >= 15 is 0 Å². The molecule has 3 rings (SSSR count). The first-order valence-corrected chi connectivity index (χ1v) is 5.69. The molecule has 3 heterocycles. The average Bonchev–Trinajstić information content (AvgIpc) is 2.85. The number of aromatic nitrogens is 4. The van der Waals surface area contributed by atoms with E-state index in [9.17, 15) is 10.2 Å². The van der Waals surface area contributed by atoms with E-state index in [1.165, 1.54) is 10.9 Å². The SMILES string of the molecule is Nc1nc2c(ncn2[C@@H]2OC[C@@H](O)[C@H]2O)c(=S)[nH]1. The molecule has 3 atom stereocenters.